The molecular formula is C31H33N3O4S2. The summed E-state index contributed by atoms with van der Waals surface area (Å²) < 4.78 is 12.1. The van der Waals surface area contributed by atoms with Crippen molar-refractivity contribution in [1.29, 1.82) is 0 Å². The van der Waals surface area contributed by atoms with Gasteiger partial charge in [-0.05, 0) is 86.9 Å². The van der Waals surface area contributed by atoms with E-state index in [9.17, 15) is 9.59 Å². The highest BCUT2D eigenvalue weighted by Crippen LogP contribution is 2.38. The summed E-state index contributed by atoms with van der Waals surface area (Å²) in [6.45, 7) is 8.09. The Kier molecular flexibility index (Phi) is 9.17. The van der Waals surface area contributed by atoms with Crippen LogP contribution in [0, 0.1) is 20.8 Å². The first kappa shape index (κ1) is 29.2. The van der Waals surface area contributed by atoms with E-state index < -0.39 is 0 Å². The van der Waals surface area contributed by atoms with Crippen LogP contribution in [0.1, 0.15) is 29.2 Å². The Bertz CT molecular complexity index is 1460. The number of thioether (sulfide) groups is 1. The largest absolute Gasteiger partial charge is 0.490 e. The molecule has 3 aromatic carbocycles. The number of hydrogen-bond acceptors (Lipinski definition) is 7. The fourth-order valence-corrected chi connectivity index (χ4v) is 5.74. The van der Waals surface area contributed by atoms with Crippen LogP contribution in [0.5, 0.6) is 11.5 Å². The van der Waals surface area contributed by atoms with Gasteiger partial charge in [0.1, 0.15) is 0 Å². The van der Waals surface area contributed by atoms with Gasteiger partial charge in [-0.3, -0.25) is 14.5 Å². The summed E-state index contributed by atoms with van der Waals surface area (Å²) in [5.41, 5.74) is 6.46. The molecule has 0 unspecified atom stereocenters. The van der Waals surface area contributed by atoms with Gasteiger partial charge in [0.15, 0.2) is 22.4 Å². The van der Waals surface area contributed by atoms with Crippen molar-refractivity contribution in [1.82, 2.24) is 0 Å². The van der Waals surface area contributed by atoms with Crippen molar-refractivity contribution in [2.75, 3.05) is 42.4 Å². The molecule has 4 rings (SSSR count). The number of thiocarbonyl (C=S) groups is 1. The monoisotopic (exact) mass is 575 g/mol. The minimum absolute atomic E-state index is 0.169. The van der Waals surface area contributed by atoms with Gasteiger partial charge in [0.25, 0.3) is 11.8 Å². The average molecular weight is 576 g/mol. The topological polar surface area (TPSA) is 71.1 Å². The molecule has 0 atom stereocenters. The van der Waals surface area contributed by atoms with Crippen LogP contribution in [0.3, 0.4) is 0 Å². The Morgan fingerprint density at radius 3 is 2.30 bits per heavy atom. The van der Waals surface area contributed by atoms with E-state index in [4.69, 9.17) is 21.7 Å². The molecule has 208 valence electrons. The van der Waals surface area contributed by atoms with Gasteiger partial charge < -0.3 is 19.7 Å². The van der Waals surface area contributed by atoms with Crippen LogP contribution in [0.15, 0.2) is 59.5 Å². The molecule has 1 aliphatic rings. The first-order chi connectivity index (χ1) is 19.1. The third-order valence-corrected chi connectivity index (χ3v) is 7.59. The predicted molar refractivity (Wildman–Crippen MR) is 169 cm³/mol. The van der Waals surface area contributed by atoms with Gasteiger partial charge in [-0.15, -0.1) is 0 Å². The standard InChI is InChI=1S/C31H33N3O4S2/c1-7-37-26-16-22(8-13-25(26)38-18-28(35)32-29-20(3)14-19(2)15-21(29)4)17-27-30(36)34(31(39)40-27)24-11-9-23(10-12-24)33(5)6/h8-17H,7,18H2,1-6H3,(H,32,35)/b27-17-. The third-order valence-electron chi connectivity index (χ3n) is 6.28. The Morgan fingerprint density at radius 1 is 1.00 bits per heavy atom. The SMILES string of the molecule is CCOc1cc(/C=C2\SC(=S)N(c3ccc(N(C)C)cc3)C2=O)ccc1OCC(=O)Nc1c(C)cc(C)cc1C. The lowest BCUT2D eigenvalue weighted by Crippen LogP contribution is -2.27. The predicted octanol–water partition coefficient (Wildman–Crippen LogP) is 6.50. The third kappa shape index (κ3) is 6.66. The van der Waals surface area contributed by atoms with Crippen LogP contribution >= 0.6 is 24.0 Å². The van der Waals surface area contributed by atoms with Crippen molar-refractivity contribution in [2.45, 2.75) is 27.7 Å². The number of aryl methyl sites for hydroxylation is 3. The van der Waals surface area contributed by atoms with Crippen LogP contribution in [0.2, 0.25) is 0 Å². The second-order valence-electron chi connectivity index (χ2n) is 9.68. The minimum Gasteiger partial charge on any atom is -0.490 e. The fraction of sp³-hybridized carbons (Fsp3) is 0.258. The van der Waals surface area contributed by atoms with Gasteiger partial charge in [-0.2, -0.15) is 0 Å². The molecule has 1 saturated heterocycles. The van der Waals surface area contributed by atoms with Crippen LogP contribution < -0.4 is 24.6 Å². The average Bonchev–Trinajstić information content (AvgIpc) is 3.18. The van der Waals surface area contributed by atoms with E-state index in [2.05, 4.69) is 5.32 Å². The molecule has 0 bridgehead atoms. The number of nitrogens with zero attached hydrogens (tertiary/aromatic N) is 2. The van der Waals surface area contributed by atoms with Crippen molar-refractivity contribution in [3.8, 4) is 11.5 Å². The normalized spacial score (nSPS) is 14.1. The minimum atomic E-state index is -0.260. The summed E-state index contributed by atoms with van der Waals surface area (Å²) in [4.78, 5) is 30.0. The molecule has 9 heteroatoms. The number of anilines is 3. The highest BCUT2D eigenvalue weighted by atomic mass is 32.2. The van der Waals surface area contributed by atoms with E-state index in [0.29, 0.717) is 27.3 Å². The Hall–Kier alpha value is -3.82. The van der Waals surface area contributed by atoms with E-state index in [0.717, 1.165) is 39.3 Å². The molecule has 1 N–H and O–H groups in total. The van der Waals surface area contributed by atoms with Crippen molar-refractivity contribution in [3.05, 3.63) is 81.8 Å². The number of carbonyl (C=O) groups excluding carboxylic acids is 2. The van der Waals surface area contributed by atoms with Gasteiger partial charge >= 0.3 is 0 Å². The molecule has 0 spiro atoms. The Labute approximate surface area is 245 Å². The molecule has 7 nitrogen and oxygen atoms in total. The Morgan fingerprint density at radius 2 is 1.68 bits per heavy atom. The number of rotatable bonds is 9. The van der Waals surface area contributed by atoms with E-state index in [1.807, 2.05) is 89.2 Å². The summed E-state index contributed by atoms with van der Waals surface area (Å²) in [6.07, 6.45) is 1.79. The molecule has 0 aliphatic carbocycles. The number of ether oxygens (including phenoxy) is 2. The lowest BCUT2D eigenvalue weighted by Gasteiger charge is -2.17. The van der Waals surface area contributed by atoms with Crippen LogP contribution in [-0.4, -0.2) is 43.4 Å². The first-order valence-corrected chi connectivity index (χ1v) is 14.1. The number of nitrogens with one attached hydrogen (secondary N) is 1. The second-order valence-corrected chi connectivity index (χ2v) is 11.4. The van der Waals surface area contributed by atoms with Crippen molar-refractivity contribution >= 4 is 63.3 Å². The molecular weight excluding hydrogens is 542 g/mol. The molecule has 40 heavy (non-hydrogen) atoms. The van der Waals surface area contributed by atoms with Gasteiger partial charge in [0.2, 0.25) is 0 Å². The summed E-state index contributed by atoms with van der Waals surface area (Å²) in [7, 11) is 3.93. The van der Waals surface area contributed by atoms with Crippen LogP contribution in [0.4, 0.5) is 17.1 Å². The van der Waals surface area contributed by atoms with Crippen LogP contribution in [-0.2, 0) is 9.59 Å². The van der Waals surface area contributed by atoms with Crippen molar-refractivity contribution < 1.29 is 19.1 Å². The summed E-state index contributed by atoms with van der Waals surface area (Å²) in [6, 6.07) is 17.1. The van der Waals surface area contributed by atoms with Gasteiger partial charge in [0.05, 0.1) is 17.2 Å². The summed E-state index contributed by atoms with van der Waals surface area (Å²) >= 11 is 6.78. The molecule has 2 amide bonds. The number of amides is 2. The molecule has 1 fully saturated rings. The number of hydrogen-bond donors (Lipinski definition) is 1. The molecule has 0 radical (unpaired) electrons. The zero-order valence-electron chi connectivity index (χ0n) is 23.5. The van der Waals surface area contributed by atoms with Gasteiger partial charge in [-0.25, -0.2) is 0 Å². The highest BCUT2D eigenvalue weighted by Gasteiger charge is 2.33. The maximum Gasteiger partial charge on any atom is 0.270 e. The van der Waals surface area contributed by atoms with E-state index in [1.54, 1.807) is 23.1 Å². The number of benzene rings is 3. The molecule has 0 aromatic heterocycles. The van der Waals surface area contributed by atoms with Crippen LogP contribution in [0.25, 0.3) is 6.08 Å². The Balaban J connectivity index is 1.48. The van der Waals surface area contributed by atoms with E-state index in [1.165, 1.54) is 11.8 Å². The maximum absolute atomic E-state index is 13.2. The lowest BCUT2D eigenvalue weighted by molar-refractivity contribution is -0.118. The van der Waals surface area contributed by atoms with Crippen molar-refractivity contribution in [2.24, 2.45) is 0 Å². The zero-order chi connectivity index (χ0) is 29.0. The second kappa shape index (κ2) is 12.6. The quantitative estimate of drug-likeness (QED) is 0.231. The van der Waals surface area contributed by atoms with Crippen molar-refractivity contribution in [3.63, 3.8) is 0 Å². The molecule has 0 saturated carbocycles. The maximum atomic E-state index is 13.2. The smallest absolute Gasteiger partial charge is 0.270 e. The van der Waals surface area contributed by atoms with Gasteiger partial charge in [-0.1, -0.05) is 47.7 Å². The zero-order valence-corrected chi connectivity index (χ0v) is 25.2. The van der Waals surface area contributed by atoms with E-state index >= 15 is 0 Å². The summed E-state index contributed by atoms with van der Waals surface area (Å²) in [5.74, 6) is 0.495. The molecule has 1 aliphatic heterocycles. The van der Waals surface area contributed by atoms with Gasteiger partial charge in [0, 0.05) is 25.5 Å². The summed E-state index contributed by atoms with van der Waals surface area (Å²) in [5, 5.41) is 2.95. The highest BCUT2D eigenvalue weighted by molar-refractivity contribution is 8.27. The number of carbonyl (C=O) groups is 2. The molecule has 3 aromatic rings. The lowest BCUT2D eigenvalue weighted by atomic mass is 10.1. The fourth-order valence-electron chi connectivity index (χ4n) is 4.44. The first-order valence-electron chi connectivity index (χ1n) is 12.9. The van der Waals surface area contributed by atoms with E-state index in [-0.39, 0.29) is 18.4 Å². The molecule has 1 heterocycles.